The summed E-state index contributed by atoms with van der Waals surface area (Å²) >= 11 is 10.7. The molecule has 0 aliphatic carbocycles. The van der Waals surface area contributed by atoms with E-state index in [4.69, 9.17) is 40.3 Å². The number of amides is 4. The Morgan fingerprint density at radius 2 is 0.875 bits per heavy atom. The van der Waals surface area contributed by atoms with Gasteiger partial charge in [0, 0.05) is 48.2 Å². The first-order chi connectivity index (χ1) is 29.8. The third-order valence-corrected chi connectivity index (χ3v) is 15.0. The molecule has 1 aliphatic heterocycles. The fourth-order valence-corrected chi connectivity index (χ4v) is 14.1. The quantitative estimate of drug-likeness (QED) is 0.111. The van der Waals surface area contributed by atoms with Gasteiger partial charge in [-0.15, -0.1) is 5.06 Å². The molecule has 0 saturated carbocycles. The number of halogens is 6. The van der Waals surface area contributed by atoms with Crippen molar-refractivity contribution in [2.75, 3.05) is 31.2 Å². The Hall–Kier alpha value is -2.39. The van der Waals surface area contributed by atoms with E-state index in [-0.39, 0.29) is 74.6 Å². The van der Waals surface area contributed by atoms with Gasteiger partial charge in [-0.25, -0.2) is 0 Å². The molecule has 2 aromatic carbocycles. The summed E-state index contributed by atoms with van der Waals surface area (Å²) in [4.78, 5) is 141. The molecular weight excluding hydrogens is 1530 g/mol. The number of nitrogens with zero attached hydrogens (tertiary/aromatic N) is 4. The molecule has 21 nitrogen and oxygen atoms in total. The van der Waals surface area contributed by atoms with Crippen molar-refractivity contribution >= 4 is 200 Å². The predicted molar refractivity (Wildman–Crippen MR) is 274 cm³/mol. The third kappa shape index (κ3) is 13.2. The van der Waals surface area contributed by atoms with Gasteiger partial charge < -0.3 is 40.3 Å². The summed E-state index contributed by atoms with van der Waals surface area (Å²) in [6.45, 7) is 8.30. The zero-order valence-corrected chi connectivity index (χ0v) is 47.8. The van der Waals surface area contributed by atoms with Crippen LogP contribution >= 0.6 is 136 Å². The number of hydroxylamine groups is 8. The largest absolute Gasteiger partial charge is 0.463 e. The molecule has 0 radical (unpaired) electrons. The molecule has 1 fully saturated rings. The van der Waals surface area contributed by atoms with Gasteiger partial charge in [-0.1, -0.05) is 13.8 Å². The van der Waals surface area contributed by atoms with Crippen LogP contribution in [0.3, 0.4) is 0 Å². The average molecular weight is 1570 g/mol. The molecule has 350 valence electrons. The van der Waals surface area contributed by atoms with E-state index in [1.807, 2.05) is 45.2 Å². The lowest BCUT2D eigenvalue weighted by Crippen LogP contribution is -2.54. The van der Waals surface area contributed by atoms with Crippen molar-refractivity contribution in [1.82, 2.24) is 20.3 Å². The predicted octanol–water partition coefficient (Wildman–Crippen LogP) is 5.73. The lowest BCUT2D eigenvalue weighted by atomic mass is 10.0. The monoisotopic (exact) mass is 1570 g/mol. The van der Waals surface area contributed by atoms with Gasteiger partial charge in [0.1, 0.15) is 12.6 Å². The van der Waals surface area contributed by atoms with E-state index in [1.165, 1.54) is 0 Å². The van der Waals surface area contributed by atoms with Gasteiger partial charge in [-0.3, -0.25) is 43.2 Å². The summed E-state index contributed by atoms with van der Waals surface area (Å²) in [6, 6.07) is -1.58. The topological polar surface area (TPSA) is 274 Å². The zero-order valence-electron chi connectivity index (χ0n) is 34.8. The molecule has 3 rings (SSSR count). The minimum Gasteiger partial charge on any atom is -0.463 e. The van der Waals surface area contributed by atoms with E-state index in [9.17, 15) is 33.6 Å². The van der Waals surface area contributed by atoms with Crippen LogP contribution in [0.2, 0.25) is 0 Å². The molecule has 27 heteroatoms. The van der Waals surface area contributed by atoms with Crippen LogP contribution in [0.1, 0.15) is 109 Å². The van der Waals surface area contributed by atoms with E-state index in [2.05, 4.69) is 0 Å². The van der Waals surface area contributed by atoms with Gasteiger partial charge in [-0.05, 0) is 148 Å². The molecule has 0 bridgehead atoms. The molecule has 4 amide bonds. The number of hydrogen-bond donors (Lipinski definition) is 2. The Kier molecular flexibility index (Phi) is 21.5. The molecule has 0 spiro atoms. The fraction of sp³-hybridized carbons (Fsp3) is 0.432. The fourth-order valence-electron chi connectivity index (χ4n) is 5.90. The van der Waals surface area contributed by atoms with Gasteiger partial charge in [-0.2, -0.15) is 15.2 Å². The second kappa shape index (κ2) is 24.6. The molecule has 0 aromatic heterocycles. The van der Waals surface area contributed by atoms with Crippen molar-refractivity contribution in [2.45, 2.75) is 86.1 Å². The minimum absolute atomic E-state index is 0.00221. The first-order valence-corrected chi connectivity index (χ1v) is 25.0. The van der Waals surface area contributed by atoms with Crippen molar-refractivity contribution in [3.8, 4) is 0 Å². The molecule has 1 aliphatic rings. The van der Waals surface area contributed by atoms with Crippen molar-refractivity contribution < 1.29 is 72.0 Å². The summed E-state index contributed by atoms with van der Waals surface area (Å²) in [5.41, 5.74) is 12.1. The van der Waals surface area contributed by atoms with Crippen molar-refractivity contribution in [3.63, 3.8) is 0 Å². The highest BCUT2D eigenvalue weighted by Gasteiger charge is 2.51. The summed E-state index contributed by atoms with van der Waals surface area (Å²) < 4.78 is 12.0. The van der Waals surface area contributed by atoms with Crippen LogP contribution in [0.5, 0.6) is 0 Å². The molecule has 4 N–H and O–H groups in total. The molecule has 2 aromatic rings. The molecule has 1 saturated heterocycles. The number of nitrogens with two attached hydrogens (primary N) is 2. The molecule has 64 heavy (non-hydrogen) atoms. The first kappa shape index (κ1) is 55.9. The summed E-state index contributed by atoms with van der Waals surface area (Å²) in [5, 5.41) is 2.71. The van der Waals surface area contributed by atoms with Crippen LogP contribution < -0.4 is 11.5 Å². The Bertz CT molecular complexity index is 2120. The Labute approximate surface area is 448 Å². The lowest BCUT2D eigenvalue weighted by molar-refractivity contribution is -0.238. The molecule has 3 atom stereocenters. The summed E-state index contributed by atoms with van der Waals surface area (Å²) in [7, 11) is 0. The molecule has 3 unspecified atom stereocenters. The smallest absolute Gasteiger partial charge is 0.329 e. The normalized spacial score (nSPS) is 15.4. The van der Waals surface area contributed by atoms with Gasteiger partial charge in [0.05, 0.1) is 67.1 Å². The number of ether oxygens (including phenoxy) is 2. The first-order valence-electron chi connectivity index (χ1n) is 18.6. The van der Waals surface area contributed by atoms with E-state index < -0.39 is 78.5 Å². The van der Waals surface area contributed by atoms with E-state index in [0.29, 0.717) is 23.0 Å². The SMILES string of the molecule is CCCN(OC(C)=O)C(=O)c1c(I)c(N)c(I)c(C(=O)N(OC(C)=O)C2CC(COC(C)=O)OC2N(OC(C)=O)C(=O)c2c(I)c(N)c(I)c(C(=O)N(CCC)OC(C)=O)c2I)c1I. The van der Waals surface area contributed by atoms with Gasteiger partial charge in [0.15, 0.2) is 6.23 Å². The number of benzene rings is 2. The number of hydrogen-bond acceptors (Lipinski definition) is 17. The standard InChI is InChI=1S/C37H40I6N6O15/c1-8-10-46(61-15(4)51)33(55)21-25(38)23(29(42)31(44)27(21)40)35(57)48(63-17(6)53)20-12-19(13-59-14(3)50)60-37(20)49(64-18(7)54)36(58)24-26(39)22(28(41)32(45)30(24)43)34(56)47(11-9-2)62-16(5)52/h19-20,37H,8-13,44-45H2,1-7H3. The Morgan fingerprint density at radius 3 is 1.22 bits per heavy atom. The second-order valence-electron chi connectivity index (χ2n) is 13.4. The van der Waals surface area contributed by atoms with Gasteiger partial charge in [0.25, 0.3) is 23.6 Å². The lowest BCUT2D eigenvalue weighted by Gasteiger charge is -2.35. The van der Waals surface area contributed by atoms with Crippen LogP contribution in [-0.4, -0.2) is 112 Å². The maximum atomic E-state index is 15.0. The number of carbonyl (C=O) groups excluding carboxylic acids is 9. The average Bonchev–Trinajstić information content (AvgIpc) is 3.62. The van der Waals surface area contributed by atoms with Crippen molar-refractivity contribution in [1.29, 1.82) is 0 Å². The van der Waals surface area contributed by atoms with Crippen LogP contribution in [0.4, 0.5) is 11.4 Å². The van der Waals surface area contributed by atoms with E-state index in [0.717, 1.165) is 44.7 Å². The number of nitrogen functional groups attached to an aromatic ring is 2. The summed E-state index contributed by atoms with van der Waals surface area (Å²) in [6.07, 6.45) is -2.59. The zero-order chi connectivity index (χ0) is 48.7. The van der Waals surface area contributed by atoms with E-state index >= 15 is 9.59 Å². The van der Waals surface area contributed by atoms with Crippen LogP contribution in [0.15, 0.2) is 0 Å². The summed E-state index contributed by atoms with van der Waals surface area (Å²) in [5.74, 6) is -8.25. The van der Waals surface area contributed by atoms with E-state index in [1.54, 1.807) is 104 Å². The second-order valence-corrected chi connectivity index (χ2v) is 19.8. The Balaban J connectivity index is 2.38. The highest BCUT2D eigenvalue weighted by atomic mass is 127. The molecular formula is C37H40I6N6O15. The Morgan fingerprint density at radius 1 is 0.531 bits per heavy atom. The van der Waals surface area contributed by atoms with Crippen LogP contribution in [0, 0.1) is 21.4 Å². The van der Waals surface area contributed by atoms with Crippen molar-refractivity contribution in [3.05, 3.63) is 43.7 Å². The third-order valence-electron chi connectivity index (χ3n) is 8.37. The van der Waals surface area contributed by atoms with Gasteiger partial charge in [0.2, 0.25) is 0 Å². The minimum atomic E-state index is -1.86. The van der Waals surface area contributed by atoms with Crippen LogP contribution in [0.25, 0.3) is 0 Å². The van der Waals surface area contributed by atoms with Crippen molar-refractivity contribution in [2.24, 2.45) is 0 Å². The number of rotatable bonds is 12. The number of carbonyl (C=O) groups is 9. The highest BCUT2D eigenvalue weighted by Crippen LogP contribution is 2.40. The number of anilines is 2. The van der Waals surface area contributed by atoms with Crippen LogP contribution in [-0.2, 0) is 52.8 Å². The maximum absolute atomic E-state index is 15.0. The van der Waals surface area contributed by atoms with Gasteiger partial charge >= 0.3 is 29.8 Å². The maximum Gasteiger partial charge on any atom is 0.329 e. The number of esters is 1. The molecule has 1 heterocycles. The highest BCUT2D eigenvalue weighted by molar-refractivity contribution is 14.1.